The van der Waals surface area contributed by atoms with Crippen LogP contribution in [0.1, 0.15) is 58.8 Å². The summed E-state index contributed by atoms with van der Waals surface area (Å²) in [6, 6.07) is 0. The van der Waals surface area contributed by atoms with E-state index in [9.17, 15) is 0 Å². The number of unbranched alkanes of at least 4 members (excludes halogenated alkanes) is 2. The van der Waals surface area contributed by atoms with Crippen molar-refractivity contribution >= 4 is 5.96 Å². The lowest BCUT2D eigenvalue weighted by Gasteiger charge is -2.15. The minimum atomic E-state index is 0.818. The van der Waals surface area contributed by atoms with Crippen molar-refractivity contribution in [3.8, 4) is 0 Å². The van der Waals surface area contributed by atoms with Crippen molar-refractivity contribution in [1.29, 1.82) is 0 Å². The van der Waals surface area contributed by atoms with E-state index in [1.54, 1.807) is 0 Å². The standard InChI is InChI=1S/C17H36N4/c1-16(2)10-4-5-11-19-17(18-3)20-12-6-7-13-21-14-8-9-15-21/h16H,4-15H2,1-3H3,(H2,18,19,20). The maximum absolute atomic E-state index is 4.28. The summed E-state index contributed by atoms with van der Waals surface area (Å²) >= 11 is 0. The predicted molar refractivity (Wildman–Crippen MR) is 93.0 cm³/mol. The number of nitrogens with zero attached hydrogens (tertiary/aromatic N) is 2. The van der Waals surface area contributed by atoms with E-state index < -0.39 is 0 Å². The van der Waals surface area contributed by atoms with Crippen LogP contribution < -0.4 is 10.6 Å². The smallest absolute Gasteiger partial charge is 0.190 e. The van der Waals surface area contributed by atoms with Gasteiger partial charge in [0.25, 0.3) is 0 Å². The predicted octanol–water partition coefficient (Wildman–Crippen LogP) is 2.85. The minimum Gasteiger partial charge on any atom is -0.356 e. The summed E-state index contributed by atoms with van der Waals surface area (Å²) in [5.74, 6) is 1.78. The third-order valence-corrected chi connectivity index (χ3v) is 4.12. The summed E-state index contributed by atoms with van der Waals surface area (Å²) in [7, 11) is 1.85. The number of hydrogen-bond donors (Lipinski definition) is 2. The average Bonchev–Trinajstić information content (AvgIpc) is 2.97. The lowest BCUT2D eigenvalue weighted by Crippen LogP contribution is -2.38. The van der Waals surface area contributed by atoms with Gasteiger partial charge < -0.3 is 15.5 Å². The molecule has 1 heterocycles. The molecule has 0 radical (unpaired) electrons. The molecule has 0 atom stereocenters. The van der Waals surface area contributed by atoms with E-state index >= 15 is 0 Å². The largest absolute Gasteiger partial charge is 0.356 e. The fourth-order valence-corrected chi connectivity index (χ4v) is 2.78. The molecule has 0 bridgehead atoms. The van der Waals surface area contributed by atoms with Crippen molar-refractivity contribution in [3.05, 3.63) is 0 Å². The second-order valence-electron chi connectivity index (χ2n) is 6.57. The van der Waals surface area contributed by atoms with Crippen LogP contribution >= 0.6 is 0 Å². The second-order valence-corrected chi connectivity index (χ2v) is 6.57. The summed E-state index contributed by atoms with van der Waals surface area (Å²) in [5.41, 5.74) is 0. The molecule has 4 nitrogen and oxygen atoms in total. The van der Waals surface area contributed by atoms with Gasteiger partial charge in [0, 0.05) is 20.1 Å². The zero-order chi connectivity index (χ0) is 15.3. The Morgan fingerprint density at radius 3 is 2.19 bits per heavy atom. The molecule has 0 aromatic heterocycles. The Balaban J connectivity index is 1.93. The number of guanidine groups is 1. The lowest BCUT2D eigenvalue weighted by molar-refractivity contribution is 0.330. The van der Waals surface area contributed by atoms with Crippen LogP contribution in [0.3, 0.4) is 0 Å². The molecular weight excluding hydrogens is 260 g/mol. The Kier molecular flexibility index (Phi) is 10.3. The van der Waals surface area contributed by atoms with Gasteiger partial charge in [-0.05, 0) is 57.7 Å². The molecule has 0 aromatic rings. The van der Waals surface area contributed by atoms with Crippen molar-refractivity contribution < 1.29 is 0 Å². The van der Waals surface area contributed by atoms with E-state index in [0.29, 0.717) is 0 Å². The topological polar surface area (TPSA) is 39.7 Å². The summed E-state index contributed by atoms with van der Waals surface area (Å²) in [6.07, 6.45) is 9.16. The van der Waals surface area contributed by atoms with Crippen LogP contribution in [-0.4, -0.2) is 50.6 Å². The second kappa shape index (κ2) is 11.8. The molecule has 1 saturated heterocycles. The maximum Gasteiger partial charge on any atom is 0.190 e. The van der Waals surface area contributed by atoms with Crippen molar-refractivity contribution in [3.63, 3.8) is 0 Å². The van der Waals surface area contributed by atoms with E-state index in [0.717, 1.165) is 25.0 Å². The van der Waals surface area contributed by atoms with Crippen LogP contribution in [0.5, 0.6) is 0 Å². The Morgan fingerprint density at radius 2 is 1.62 bits per heavy atom. The molecule has 0 aliphatic carbocycles. The SMILES string of the molecule is CN=C(NCCCCC(C)C)NCCCCN1CCCC1. The number of likely N-dealkylation sites (tertiary alicyclic amines) is 1. The molecule has 1 rings (SSSR count). The molecule has 4 heteroatoms. The lowest BCUT2D eigenvalue weighted by atomic mass is 10.1. The quantitative estimate of drug-likeness (QED) is 0.370. The molecule has 0 aromatic carbocycles. The Morgan fingerprint density at radius 1 is 1.00 bits per heavy atom. The normalized spacial score (nSPS) is 16.7. The Bertz CT molecular complexity index is 270. The molecular formula is C17H36N4. The van der Waals surface area contributed by atoms with Gasteiger partial charge in [0.2, 0.25) is 0 Å². The van der Waals surface area contributed by atoms with Crippen LogP contribution in [0, 0.1) is 5.92 Å². The zero-order valence-corrected chi connectivity index (χ0v) is 14.5. The molecule has 1 aliphatic rings. The van der Waals surface area contributed by atoms with Gasteiger partial charge in [-0.3, -0.25) is 4.99 Å². The first-order chi connectivity index (χ1) is 10.2. The highest BCUT2D eigenvalue weighted by Crippen LogP contribution is 2.08. The van der Waals surface area contributed by atoms with Gasteiger partial charge in [0.05, 0.1) is 0 Å². The van der Waals surface area contributed by atoms with E-state index in [1.165, 1.54) is 64.6 Å². The van der Waals surface area contributed by atoms with Crippen molar-refractivity contribution in [2.75, 3.05) is 39.8 Å². The number of rotatable bonds is 10. The highest BCUT2D eigenvalue weighted by molar-refractivity contribution is 5.79. The van der Waals surface area contributed by atoms with Gasteiger partial charge in [-0.2, -0.15) is 0 Å². The fraction of sp³-hybridized carbons (Fsp3) is 0.941. The first-order valence-corrected chi connectivity index (χ1v) is 8.89. The van der Waals surface area contributed by atoms with Gasteiger partial charge in [0.15, 0.2) is 5.96 Å². The maximum atomic E-state index is 4.28. The average molecular weight is 297 g/mol. The molecule has 0 unspecified atom stereocenters. The van der Waals surface area contributed by atoms with Crippen LogP contribution in [-0.2, 0) is 0 Å². The first kappa shape index (κ1) is 18.3. The third kappa shape index (κ3) is 9.72. The highest BCUT2D eigenvalue weighted by atomic mass is 15.2. The van der Waals surface area contributed by atoms with Crippen LogP contribution in [0.4, 0.5) is 0 Å². The van der Waals surface area contributed by atoms with Crippen molar-refractivity contribution in [1.82, 2.24) is 15.5 Å². The third-order valence-electron chi connectivity index (χ3n) is 4.12. The van der Waals surface area contributed by atoms with E-state index in [2.05, 4.69) is 34.4 Å². The van der Waals surface area contributed by atoms with Crippen LogP contribution in [0.15, 0.2) is 4.99 Å². The van der Waals surface area contributed by atoms with E-state index in [4.69, 9.17) is 0 Å². The molecule has 21 heavy (non-hydrogen) atoms. The molecule has 0 spiro atoms. The summed E-state index contributed by atoms with van der Waals surface area (Å²) < 4.78 is 0. The minimum absolute atomic E-state index is 0.818. The monoisotopic (exact) mass is 296 g/mol. The molecule has 0 saturated carbocycles. The summed E-state index contributed by atoms with van der Waals surface area (Å²) in [4.78, 5) is 6.87. The number of hydrogen-bond acceptors (Lipinski definition) is 2. The summed E-state index contributed by atoms with van der Waals surface area (Å²) in [6.45, 7) is 10.5. The number of nitrogens with one attached hydrogen (secondary N) is 2. The highest BCUT2D eigenvalue weighted by Gasteiger charge is 2.09. The van der Waals surface area contributed by atoms with E-state index in [1.807, 2.05) is 7.05 Å². The molecule has 2 N–H and O–H groups in total. The van der Waals surface area contributed by atoms with Crippen LogP contribution in [0.2, 0.25) is 0 Å². The Hall–Kier alpha value is -0.770. The van der Waals surface area contributed by atoms with Gasteiger partial charge in [-0.25, -0.2) is 0 Å². The van der Waals surface area contributed by atoms with Gasteiger partial charge in [0.1, 0.15) is 0 Å². The van der Waals surface area contributed by atoms with Crippen molar-refractivity contribution in [2.24, 2.45) is 10.9 Å². The number of aliphatic imine (C=N–C) groups is 1. The van der Waals surface area contributed by atoms with Crippen LogP contribution in [0.25, 0.3) is 0 Å². The zero-order valence-electron chi connectivity index (χ0n) is 14.5. The Labute approximate surface area is 131 Å². The molecule has 0 amide bonds. The summed E-state index contributed by atoms with van der Waals surface area (Å²) in [5, 5.41) is 6.82. The van der Waals surface area contributed by atoms with Gasteiger partial charge >= 0.3 is 0 Å². The van der Waals surface area contributed by atoms with Gasteiger partial charge in [-0.1, -0.05) is 26.7 Å². The molecule has 124 valence electrons. The fourth-order valence-electron chi connectivity index (χ4n) is 2.78. The van der Waals surface area contributed by atoms with Crippen molar-refractivity contribution in [2.45, 2.75) is 58.8 Å². The first-order valence-electron chi connectivity index (χ1n) is 8.89. The molecule has 1 fully saturated rings. The molecule has 1 aliphatic heterocycles. The van der Waals surface area contributed by atoms with Gasteiger partial charge in [-0.15, -0.1) is 0 Å². The van der Waals surface area contributed by atoms with E-state index in [-0.39, 0.29) is 0 Å².